The maximum atomic E-state index is 11.1. The van der Waals surface area contributed by atoms with Crippen molar-refractivity contribution in [3.8, 4) is 34.5 Å². The monoisotopic (exact) mass is 616 g/mol. The molecule has 1 aliphatic rings. The Balaban J connectivity index is 2.40. The van der Waals surface area contributed by atoms with Crippen LogP contribution in [0.25, 0.3) is 5.57 Å². The van der Waals surface area contributed by atoms with Crippen molar-refractivity contribution in [2.75, 3.05) is 28.4 Å². The maximum Gasteiger partial charge on any atom is 0.250 e. The van der Waals surface area contributed by atoms with E-state index < -0.39 is 22.7 Å². The van der Waals surface area contributed by atoms with Crippen LogP contribution in [0.5, 0.6) is 34.5 Å². The Labute approximate surface area is 255 Å². The molecule has 1 aliphatic carbocycles. The van der Waals surface area contributed by atoms with Crippen molar-refractivity contribution < 1.29 is 32.9 Å². The number of methoxy groups -OCH3 is 4. The van der Waals surface area contributed by atoms with E-state index in [9.17, 15) is 5.11 Å². The van der Waals surface area contributed by atoms with Crippen molar-refractivity contribution in [2.45, 2.75) is 96.8 Å². The molecule has 0 saturated heterocycles. The van der Waals surface area contributed by atoms with E-state index in [0.717, 1.165) is 22.3 Å². The predicted molar refractivity (Wildman–Crippen MR) is 176 cm³/mol. The van der Waals surface area contributed by atoms with Crippen molar-refractivity contribution in [3.63, 3.8) is 0 Å². The van der Waals surface area contributed by atoms with Crippen LogP contribution in [0.1, 0.15) is 64.7 Å². The van der Waals surface area contributed by atoms with Crippen molar-refractivity contribution in [1.29, 1.82) is 0 Å². The lowest BCUT2D eigenvalue weighted by Gasteiger charge is -2.39. The van der Waals surface area contributed by atoms with Gasteiger partial charge < -0.3 is 32.9 Å². The van der Waals surface area contributed by atoms with Crippen LogP contribution in [0, 0.1) is 0 Å². The summed E-state index contributed by atoms with van der Waals surface area (Å²) in [6, 6.07) is 6.01. The third-order valence-electron chi connectivity index (χ3n) is 9.15. The Morgan fingerprint density at radius 2 is 1.14 bits per heavy atom. The first kappa shape index (κ1) is 33.9. The minimum atomic E-state index is -2.27. The molecule has 0 saturated carbocycles. The van der Waals surface area contributed by atoms with E-state index in [1.165, 1.54) is 0 Å². The summed E-state index contributed by atoms with van der Waals surface area (Å²) < 4.78 is 37.2. The molecular weight excluding hydrogens is 565 g/mol. The molecule has 1 atom stereocenters. The smallest absolute Gasteiger partial charge is 0.250 e. The van der Waals surface area contributed by atoms with E-state index in [2.05, 4.69) is 67.7 Å². The topological polar surface area (TPSA) is 75.6 Å². The molecule has 7 nitrogen and oxygen atoms in total. The van der Waals surface area contributed by atoms with Gasteiger partial charge in [-0.15, -0.1) is 0 Å². The fraction of sp³-hybridized carbons (Fsp3) is 0.576. The van der Waals surface area contributed by atoms with Gasteiger partial charge in [-0.1, -0.05) is 41.5 Å². The van der Waals surface area contributed by atoms with Crippen LogP contribution in [0.15, 0.2) is 24.3 Å². The van der Waals surface area contributed by atoms with Crippen molar-refractivity contribution in [3.05, 3.63) is 41.0 Å². The van der Waals surface area contributed by atoms with Gasteiger partial charge in [-0.05, 0) is 90.1 Å². The zero-order valence-electron chi connectivity index (χ0n) is 28.2. The fourth-order valence-electron chi connectivity index (χ4n) is 4.55. The Morgan fingerprint density at radius 3 is 1.55 bits per heavy atom. The van der Waals surface area contributed by atoms with Crippen LogP contribution in [-0.2, 0) is 6.42 Å². The third-order valence-corrected chi connectivity index (χ3v) is 17.8. The zero-order valence-corrected chi connectivity index (χ0v) is 30.2. The quantitative estimate of drug-likeness (QED) is 0.285. The van der Waals surface area contributed by atoms with E-state index in [1.807, 2.05) is 24.3 Å². The summed E-state index contributed by atoms with van der Waals surface area (Å²) in [4.78, 5) is 0. The van der Waals surface area contributed by atoms with Crippen molar-refractivity contribution in [2.24, 2.45) is 0 Å². The molecule has 234 valence electrons. The van der Waals surface area contributed by atoms with Gasteiger partial charge in [0.05, 0.1) is 34.5 Å². The highest BCUT2D eigenvalue weighted by Gasteiger charge is 2.42. The van der Waals surface area contributed by atoms with E-state index >= 15 is 0 Å². The molecule has 0 fully saturated rings. The molecule has 9 heteroatoms. The maximum absolute atomic E-state index is 11.1. The van der Waals surface area contributed by atoms with Gasteiger partial charge in [0.2, 0.25) is 11.5 Å². The van der Waals surface area contributed by atoms with Gasteiger partial charge in [-0.25, -0.2) is 0 Å². The van der Waals surface area contributed by atoms with Gasteiger partial charge in [0.25, 0.3) is 16.6 Å². The lowest BCUT2D eigenvalue weighted by Crippen LogP contribution is -2.44. The number of hydrogen-bond donors (Lipinski definition) is 1. The summed E-state index contributed by atoms with van der Waals surface area (Å²) in [5.74, 6) is 3.57. The Bertz CT molecular complexity index is 1270. The predicted octanol–water partition coefficient (Wildman–Crippen LogP) is 8.23. The minimum Gasteiger partial charge on any atom is -0.541 e. The number of rotatable bonds is 9. The normalized spacial score (nSPS) is 16.2. The number of hydrogen-bond acceptors (Lipinski definition) is 7. The first-order chi connectivity index (χ1) is 19.3. The van der Waals surface area contributed by atoms with E-state index in [-0.39, 0.29) is 10.1 Å². The zero-order chi connectivity index (χ0) is 31.8. The average molecular weight is 617 g/mol. The number of ether oxygens (including phenoxy) is 4. The molecule has 0 aromatic heterocycles. The Kier molecular flexibility index (Phi) is 9.81. The van der Waals surface area contributed by atoms with Crippen LogP contribution in [-0.4, -0.2) is 56.3 Å². The van der Waals surface area contributed by atoms with Gasteiger partial charge in [0.15, 0.2) is 23.0 Å². The third kappa shape index (κ3) is 6.63. The Hall–Kier alpha value is -2.63. The molecular formula is C33H52O7Si2. The summed E-state index contributed by atoms with van der Waals surface area (Å²) in [7, 11) is 1.97. The highest BCUT2D eigenvalue weighted by molar-refractivity contribution is 6.75. The second-order valence-corrected chi connectivity index (χ2v) is 23.5. The summed E-state index contributed by atoms with van der Waals surface area (Å²) >= 11 is 0. The molecule has 2 aromatic rings. The van der Waals surface area contributed by atoms with E-state index in [4.69, 9.17) is 27.8 Å². The molecule has 0 amide bonds. The van der Waals surface area contributed by atoms with Gasteiger partial charge in [-0.2, -0.15) is 0 Å². The van der Waals surface area contributed by atoms with Crippen LogP contribution in [0.2, 0.25) is 36.3 Å². The minimum absolute atomic E-state index is 0.0316. The summed E-state index contributed by atoms with van der Waals surface area (Å²) in [5, 5.41) is 11.0. The number of aliphatic hydroxyl groups is 1. The average Bonchev–Trinajstić information content (AvgIpc) is 3.04. The SMILES string of the molecule is COc1cc2c(c(OC)c1OC)CCC(O)C=C2c1cc(O[Si](C)(C)C(C)(C)C)c(OC)c(O[Si](C)(C)C(C)(C)C)c1. The van der Waals surface area contributed by atoms with Crippen LogP contribution < -0.4 is 27.8 Å². The van der Waals surface area contributed by atoms with Crippen LogP contribution in [0.4, 0.5) is 0 Å². The summed E-state index contributed by atoms with van der Waals surface area (Å²) in [6.07, 6.45) is 2.40. The van der Waals surface area contributed by atoms with Crippen molar-refractivity contribution in [1.82, 2.24) is 0 Å². The fourth-order valence-corrected chi connectivity index (χ4v) is 6.57. The molecule has 3 rings (SSSR count). The van der Waals surface area contributed by atoms with Gasteiger partial charge in [-0.3, -0.25) is 0 Å². The van der Waals surface area contributed by atoms with Crippen LogP contribution >= 0.6 is 0 Å². The molecule has 0 heterocycles. The molecule has 2 aromatic carbocycles. The number of benzene rings is 2. The second-order valence-electron chi connectivity index (χ2n) is 14.1. The summed E-state index contributed by atoms with van der Waals surface area (Å²) in [6.45, 7) is 22.2. The highest BCUT2D eigenvalue weighted by Crippen LogP contribution is 2.51. The standard InChI is InChI=1S/C33H52O7Si2/c1-32(2,3)41(11,12)39-27-17-21(18-28(30(27)37-9)40-42(13,14)33(4,5)6)24-19-22(34)15-16-23-25(24)20-26(35-7)31(38-10)29(23)36-8/h17-20,22,34H,15-16H2,1-14H3. The number of aliphatic hydroxyl groups excluding tert-OH is 1. The van der Waals surface area contributed by atoms with Gasteiger partial charge in [0.1, 0.15) is 0 Å². The molecule has 0 radical (unpaired) electrons. The first-order valence-corrected chi connectivity index (χ1v) is 20.5. The second kappa shape index (κ2) is 12.2. The molecule has 1 unspecified atom stereocenters. The van der Waals surface area contributed by atoms with E-state index in [0.29, 0.717) is 47.3 Å². The van der Waals surface area contributed by atoms with Gasteiger partial charge in [0, 0.05) is 5.56 Å². The van der Waals surface area contributed by atoms with Gasteiger partial charge >= 0.3 is 0 Å². The van der Waals surface area contributed by atoms with Crippen LogP contribution in [0.3, 0.4) is 0 Å². The largest absolute Gasteiger partial charge is 0.541 e. The highest BCUT2D eigenvalue weighted by atomic mass is 28.4. The molecule has 0 spiro atoms. The molecule has 0 bridgehead atoms. The Morgan fingerprint density at radius 1 is 0.667 bits per heavy atom. The van der Waals surface area contributed by atoms with Crippen molar-refractivity contribution >= 4 is 22.2 Å². The lowest BCUT2D eigenvalue weighted by atomic mass is 9.92. The molecule has 0 aliphatic heterocycles. The number of fused-ring (bicyclic) bond motifs is 1. The first-order valence-electron chi connectivity index (χ1n) is 14.6. The molecule has 1 N–H and O–H groups in total. The molecule has 42 heavy (non-hydrogen) atoms. The van der Waals surface area contributed by atoms with E-state index in [1.54, 1.807) is 28.4 Å². The lowest BCUT2D eigenvalue weighted by molar-refractivity contribution is 0.214. The summed E-state index contributed by atoms with van der Waals surface area (Å²) in [5.41, 5.74) is 3.56.